The first-order valence-corrected chi connectivity index (χ1v) is 10.4. The highest BCUT2D eigenvalue weighted by atomic mass is 35.5. The maximum Gasteiger partial charge on any atom is 0.261 e. The molecular weight excluding hydrogens is 402 g/mol. The minimum absolute atomic E-state index is 0.0577. The Morgan fingerprint density at radius 2 is 1.87 bits per heavy atom. The summed E-state index contributed by atoms with van der Waals surface area (Å²) in [6.45, 7) is 3.10. The van der Waals surface area contributed by atoms with E-state index in [1.54, 1.807) is 23.1 Å². The number of nitrogens with zero attached hydrogens (tertiary/aromatic N) is 3. The predicted octanol–water partition coefficient (Wildman–Crippen LogP) is 2.95. The summed E-state index contributed by atoms with van der Waals surface area (Å²) >= 11 is 5.96. The van der Waals surface area contributed by atoms with E-state index in [9.17, 15) is 14.7 Å². The second kappa shape index (κ2) is 8.20. The Morgan fingerprint density at radius 3 is 2.57 bits per heavy atom. The lowest BCUT2D eigenvalue weighted by Crippen LogP contribution is -2.50. The van der Waals surface area contributed by atoms with Gasteiger partial charge in [0, 0.05) is 18.1 Å². The molecule has 1 aliphatic heterocycles. The summed E-state index contributed by atoms with van der Waals surface area (Å²) in [5.41, 5.74) is 1.43. The van der Waals surface area contributed by atoms with Crippen molar-refractivity contribution < 1.29 is 9.90 Å². The summed E-state index contributed by atoms with van der Waals surface area (Å²) in [7, 11) is 0. The molecule has 0 radical (unpaired) electrons. The van der Waals surface area contributed by atoms with Crippen LogP contribution in [0.2, 0.25) is 5.02 Å². The van der Waals surface area contributed by atoms with Crippen LogP contribution in [0.1, 0.15) is 24.0 Å². The molecule has 2 heterocycles. The van der Waals surface area contributed by atoms with Gasteiger partial charge in [-0.25, -0.2) is 4.98 Å². The summed E-state index contributed by atoms with van der Waals surface area (Å²) in [6, 6.07) is 12.9. The molecule has 0 atom stereocenters. The topological polar surface area (TPSA) is 75.4 Å². The molecule has 1 saturated heterocycles. The molecule has 2 aromatic carbocycles. The summed E-state index contributed by atoms with van der Waals surface area (Å²) in [5, 5.41) is 12.0. The maximum absolute atomic E-state index is 12.8. The number of aliphatic hydroxyl groups is 1. The average Bonchev–Trinajstić information content (AvgIpc) is 2.72. The van der Waals surface area contributed by atoms with Gasteiger partial charge in [0.05, 0.1) is 35.8 Å². The molecule has 1 aliphatic rings. The van der Waals surface area contributed by atoms with Crippen molar-refractivity contribution in [2.75, 3.05) is 13.1 Å². The van der Waals surface area contributed by atoms with Gasteiger partial charge in [-0.2, -0.15) is 0 Å². The van der Waals surface area contributed by atoms with Crippen LogP contribution in [0.5, 0.6) is 0 Å². The van der Waals surface area contributed by atoms with Crippen molar-refractivity contribution in [3.8, 4) is 0 Å². The fourth-order valence-electron chi connectivity index (χ4n) is 3.88. The van der Waals surface area contributed by atoms with E-state index >= 15 is 0 Å². The number of likely N-dealkylation sites (tertiary alicyclic amines) is 1. The van der Waals surface area contributed by atoms with E-state index in [4.69, 9.17) is 11.6 Å². The molecule has 7 heteroatoms. The molecular formula is C23H24ClN3O3. The van der Waals surface area contributed by atoms with Gasteiger partial charge in [-0.05, 0) is 43.5 Å². The van der Waals surface area contributed by atoms with Gasteiger partial charge in [0.25, 0.3) is 5.56 Å². The van der Waals surface area contributed by atoms with Crippen LogP contribution < -0.4 is 5.56 Å². The molecule has 1 amide bonds. The SMILES string of the molecule is Cc1ccc(CC(=O)N2CCC(O)(Cn3cnc4cc(Cl)ccc4c3=O)CC2)cc1. The Morgan fingerprint density at radius 1 is 1.17 bits per heavy atom. The van der Waals surface area contributed by atoms with E-state index in [1.165, 1.54) is 10.9 Å². The average molecular weight is 426 g/mol. The Balaban J connectivity index is 1.41. The molecule has 1 N–H and O–H groups in total. The lowest BCUT2D eigenvalue weighted by Gasteiger charge is -2.38. The summed E-state index contributed by atoms with van der Waals surface area (Å²) in [4.78, 5) is 31.5. The highest BCUT2D eigenvalue weighted by Gasteiger charge is 2.34. The van der Waals surface area contributed by atoms with E-state index in [1.807, 2.05) is 31.2 Å². The van der Waals surface area contributed by atoms with E-state index in [-0.39, 0.29) is 18.0 Å². The molecule has 6 nitrogen and oxygen atoms in total. The van der Waals surface area contributed by atoms with Crippen LogP contribution in [0, 0.1) is 6.92 Å². The lowest BCUT2D eigenvalue weighted by atomic mass is 9.91. The van der Waals surface area contributed by atoms with Gasteiger partial charge in [-0.15, -0.1) is 0 Å². The van der Waals surface area contributed by atoms with Gasteiger partial charge in [-0.3, -0.25) is 14.2 Å². The van der Waals surface area contributed by atoms with Gasteiger partial charge >= 0.3 is 0 Å². The van der Waals surface area contributed by atoms with E-state index in [0.717, 1.165) is 11.1 Å². The predicted molar refractivity (Wildman–Crippen MR) is 117 cm³/mol. The van der Waals surface area contributed by atoms with Crippen molar-refractivity contribution in [1.29, 1.82) is 0 Å². The van der Waals surface area contributed by atoms with E-state index in [0.29, 0.717) is 48.3 Å². The van der Waals surface area contributed by atoms with Crippen LogP contribution in [0.25, 0.3) is 10.9 Å². The second-order valence-corrected chi connectivity index (χ2v) is 8.54. The summed E-state index contributed by atoms with van der Waals surface area (Å²) in [6.07, 6.45) is 2.64. The van der Waals surface area contributed by atoms with Crippen LogP contribution in [-0.2, 0) is 17.8 Å². The Labute approximate surface area is 179 Å². The van der Waals surface area contributed by atoms with E-state index in [2.05, 4.69) is 4.98 Å². The highest BCUT2D eigenvalue weighted by molar-refractivity contribution is 6.31. The first-order valence-electron chi connectivity index (χ1n) is 10.0. The Kier molecular flexibility index (Phi) is 5.62. The third-order valence-electron chi connectivity index (χ3n) is 5.77. The quantitative estimate of drug-likeness (QED) is 0.697. The number of fused-ring (bicyclic) bond motifs is 1. The highest BCUT2D eigenvalue weighted by Crippen LogP contribution is 2.25. The maximum atomic E-state index is 12.8. The smallest absolute Gasteiger partial charge is 0.261 e. The molecule has 1 aromatic heterocycles. The summed E-state index contributed by atoms with van der Waals surface area (Å²) in [5.74, 6) is 0.0577. The third kappa shape index (κ3) is 4.40. The molecule has 1 fully saturated rings. The van der Waals surface area contributed by atoms with Crippen molar-refractivity contribution in [1.82, 2.24) is 14.5 Å². The van der Waals surface area contributed by atoms with Gasteiger partial charge < -0.3 is 10.0 Å². The standard InChI is InChI=1S/C23H24ClN3O3/c1-16-2-4-17(5-3-16)12-21(28)26-10-8-23(30,9-11-26)14-27-15-25-20-13-18(24)6-7-19(20)22(27)29/h2-7,13,15,30H,8-12,14H2,1H3. The number of aryl methyl sites for hydroxylation is 1. The third-order valence-corrected chi connectivity index (χ3v) is 6.01. The van der Waals surface area contributed by atoms with Gasteiger partial charge in [-0.1, -0.05) is 41.4 Å². The van der Waals surface area contributed by atoms with Gasteiger partial charge in [0.1, 0.15) is 0 Å². The number of benzene rings is 2. The molecule has 30 heavy (non-hydrogen) atoms. The first-order chi connectivity index (χ1) is 14.3. The number of piperidine rings is 1. The number of carbonyl (C=O) groups excluding carboxylic acids is 1. The number of halogens is 1. The monoisotopic (exact) mass is 425 g/mol. The number of hydrogen-bond donors (Lipinski definition) is 1. The molecule has 156 valence electrons. The minimum atomic E-state index is -1.05. The molecule has 0 aliphatic carbocycles. The zero-order chi connectivity index (χ0) is 21.3. The van der Waals surface area contributed by atoms with Crippen molar-refractivity contribution in [3.63, 3.8) is 0 Å². The van der Waals surface area contributed by atoms with Crippen LogP contribution in [-0.4, -0.2) is 44.2 Å². The number of aromatic nitrogens is 2. The molecule has 0 bridgehead atoms. The van der Waals surface area contributed by atoms with Crippen molar-refractivity contribution >= 4 is 28.4 Å². The zero-order valence-corrected chi connectivity index (χ0v) is 17.6. The number of hydrogen-bond acceptors (Lipinski definition) is 4. The van der Waals surface area contributed by atoms with E-state index < -0.39 is 5.60 Å². The zero-order valence-electron chi connectivity index (χ0n) is 16.8. The van der Waals surface area contributed by atoms with Crippen molar-refractivity contribution in [2.45, 2.75) is 38.3 Å². The Hall–Kier alpha value is -2.70. The van der Waals surface area contributed by atoms with Crippen molar-refractivity contribution in [3.05, 3.63) is 75.3 Å². The second-order valence-electron chi connectivity index (χ2n) is 8.11. The Bertz CT molecular complexity index is 1130. The molecule has 0 spiro atoms. The first kappa shape index (κ1) is 20.6. The van der Waals surface area contributed by atoms with Crippen LogP contribution in [0.3, 0.4) is 0 Å². The fraction of sp³-hybridized carbons (Fsp3) is 0.348. The minimum Gasteiger partial charge on any atom is -0.388 e. The van der Waals surface area contributed by atoms with Gasteiger partial charge in [0.15, 0.2) is 0 Å². The normalized spacial score (nSPS) is 16.0. The van der Waals surface area contributed by atoms with Crippen LogP contribution in [0.15, 0.2) is 53.6 Å². The molecule has 0 unspecified atom stereocenters. The van der Waals surface area contributed by atoms with Crippen molar-refractivity contribution in [2.24, 2.45) is 0 Å². The largest absolute Gasteiger partial charge is 0.388 e. The van der Waals surface area contributed by atoms with Crippen LogP contribution in [0.4, 0.5) is 0 Å². The number of amides is 1. The summed E-state index contributed by atoms with van der Waals surface area (Å²) < 4.78 is 1.44. The van der Waals surface area contributed by atoms with Gasteiger partial charge in [0.2, 0.25) is 5.91 Å². The molecule has 4 rings (SSSR count). The fourth-order valence-corrected chi connectivity index (χ4v) is 4.05. The van der Waals surface area contributed by atoms with Crippen LogP contribution >= 0.6 is 11.6 Å². The number of carbonyl (C=O) groups is 1. The molecule has 3 aromatic rings. The number of rotatable bonds is 4. The molecule has 0 saturated carbocycles. The lowest BCUT2D eigenvalue weighted by molar-refractivity contribution is -0.135.